The topological polar surface area (TPSA) is 77.2 Å². The monoisotopic (exact) mass is 287 g/mol. The lowest BCUT2D eigenvalue weighted by molar-refractivity contribution is 0.209. The molecule has 1 unspecified atom stereocenters. The van der Waals surface area contributed by atoms with E-state index in [2.05, 4.69) is 15.0 Å². The first kappa shape index (κ1) is 13.3. The lowest BCUT2D eigenvalue weighted by Gasteiger charge is -2.30. The number of dihydropyridines is 1. The Bertz CT molecular complexity index is 591. The standard InChI is InChI=1S/C11H8ClF2N3O2/c12-11(8(13)1-2-9(14)17-11)6-3-4-16-5-7(6)19-10(15)18/h1-5,17H,(H2,15,18). The number of allylic oxidation sites excluding steroid dienone is 2. The number of alkyl halides is 1. The van der Waals surface area contributed by atoms with Crippen molar-refractivity contribution in [3.63, 3.8) is 0 Å². The predicted octanol–water partition coefficient (Wildman–Crippen LogP) is 2.20. The van der Waals surface area contributed by atoms with Gasteiger partial charge in [0.25, 0.3) is 0 Å². The number of carbonyl (C=O) groups excluding carboxylic acids is 1. The minimum atomic E-state index is -2.02. The third kappa shape index (κ3) is 2.50. The number of pyridine rings is 1. The van der Waals surface area contributed by atoms with Crippen molar-refractivity contribution in [1.29, 1.82) is 0 Å². The summed E-state index contributed by atoms with van der Waals surface area (Å²) in [5.41, 5.74) is 4.85. The maximum atomic E-state index is 13.9. The van der Waals surface area contributed by atoms with Gasteiger partial charge in [-0.1, -0.05) is 11.6 Å². The maximum Gasteiger partial charge on any atom is 0.410 e. The maximum absolute atomic E-state index is 13.9. The number of nitrogens with zero attached hydrogens (tertiary/aromatic N) is 1. The molecule has 1 aliphatic rings. The quantitative estimate of drug-likeness (QED) is 0.646. The minimum absolute atomic E-state index is 0.0278. The molecule has 3 N–H and O–H groups in total. The van der Waals surface area contributed by atoms with Gasteiger partial charge in [-0.2, -0.15) is 4.39 Å². The van der Waals surface area contributed by atoms with Crippen molar-refractivity contribution in [3.8, 4) is 5.75 Å². The Morgan fingerprint density at radius 2 is 2.21 bits per heavy atom. The molecule has 19 heavy (non-hydrogen) atoms. The van der Waals surface area contributed by atoms with Crippen LogP contribution in [0.5, 0.6) is 5.75 Å². The van der Waals surface area contributed by atoms with Gasteiger partial charge in [-0.25, -0.2) is 9.18 Å². The summed E-state index contributed by atoms with van der Waals surface area (Å²) in [7, 11) is 0. The second-order valence-electron chi connectivity index (χ2n) is 3.61. The highest BCUT2D eigenvalue weighted by Crippen LogP contribution is 2.42. The Labute approximate surface area is 111 Å². The summed E-state index contributed by atoms with van der Waals surface area (Å²) in [6.07, 6.45) is 3.04. The van der Waals surface area contributed by atoms with Gasteiger partial charge in [0.1, 0.15) is 5.83 Å². The zero-order valence-corrected chi connectivity index (χ0v) is 10.1. The van der Waals surface area contributed by atoms with Gasteiger partial charge in [-0.05, 0) is 18.2 Å². The number of amides is 1. The average molecular weight is 288 g/mol. The van der Waals surface area contributed by atoms with Crippen molar-refractivity contribution in [2.75, 3.05) is 0 Å². The molecule has 100 valence electrons. The summed E-state index contributed by atoms with van der Waals surface area (Å²) in [6, 6.07) is 1.28. The van der Waals surface area contributed by atoms with Gasteiger partial charge in [0, 0.05) is 11.8 Å². The van der Waals surface area contributed by atoms with Crippen LogP contribution in [-0.4, -0.2) is 11.1 Å². The van der Waals surface area contributed by atoms with Crippen LogP contribution in [0.25, 0.3) is 0 Å². The van der Waals surface area contributed by atoms with E-state index in [4.69, 9.17) is 17.3 Å². The molecule has 1 atom stereocenters. The Balaban J connectivity index is 2.50. The lowest BCUT2D eigenvalue weighted by Crippen LogP contribution is -2.38. The molecule has 2 heterocycles. The van der Waals surface area contributed by atoms with E-state index in [0.29, 0.717) is 0 Å². The van der Waals surface area contributed by atoms with Crippen LogP contribution in [0.1, 0.15) is 5.56 Å². The molecule has 5 nitrogen and oxygen atoms in total. The molecule has 1 aliphatic heterocycles. The van der Waals surface area contributed by atoms with E-state index in [0.717, 1.165) is 18.3 Å². The van der Waals surface area contributed by atoms with Crippen LogP contribution in [0.2, 0.25) is 0 Å². The highest BCUT2D eigenvalue weighted by atomic mass is 35.5. The van der Waals surface area contributed by atoms with E-state index in [1.54, 1.807) is 0 Å². The normalized spacial score (nSPS) is 22.1. The number of halogens is 3. The fourth-order valence-corrected chi connectivity index (χ4v) is 1.89. The van der Waals surface area contributed by atoms with Gasteiger partial charge in [0.05, 0.1) is 6.20 Å². The van der Waals surface area contributed by atoms with E-state index in [-0.39, 0.29) is 11.3 Å². The number of hydrogen-bond donors (Lipinski definition) is 2. The highest BCUT2D eigenvalue weighted by Gasteiger charge is 2.40. The van der Waals surface area contributed by atoms with Crippen LogP contribution in [0.3, 0.4) is 0 Å². The Morgan fingerprint density at radius 1 is 1.47 bits per heavy atom. The summed E-state index contributed by atoms with van der Waals surface area (Å²) < 4.78 is 31.8. The van der Waals surface area contributed by atoms with Crippen molar-refractivity contribution in [2.24, 2.45) is 5.73 Å². The van der Waals surface area contributed by atoms with Crippen LogP contribution >= 0.6 is 11.6 Å². The number of hydrogen-bond acceptors (Lipinski definition) is 4. The third-order valence-electron chi connectivity index (χ3n) is 2.36. The highest BCUT2D eigenvalue weighted by molar-refractivity contribution is 6.26. The molecule has 0 fully saturated rings. The average Bonchev–Trinajstić information content (AvgIpc) is 2.34. The fourth-order valence-electron chi connectivity index (χ4n) is 1.58. The zero-order valence-electron chi connectivity index (χ0n) is 9.36. The van der Waals surface area contributed by atoms with Crippen molar-refractivity contribution < 1.29 is 18.3 Å². The summed E-state index contributed by atoms with van der Waals surface area (Å²) in [6.45, 7) is 0. The van der Waals surface area contributed by atoms with Gasteiger partial charge in [-0.3, -0.25) is 4.98 Å². The largest absolute Gasteiger partial charge is 0.410 e. The molecule has 0 saturated carbocycles. The second kappa shape index (κ2) is 4.85. The summed E-state index contributed by atoms with van der Waals surface area (Å²) in [5, 5.41) is 2.13. The van der Waals surface area contributed by atoms with Gasteiger partial charge in [0.2, 0.25) is 0 Å². The molecular weight excluding hydrogens is 280 g/mol. The summed E-state index contributed by atoms with van der Waals surface area (Å²) >= 11 is 6.04. The first-order valence-electron chi connectivity index (χ1n) is 5.06. The third-order valence-corrected chi connectivity index (χ3v) is 2.84. The molecule has 1 aromatic heterocycles. The molecule has 2 rings (SSSR count). The van der Waals surface area contributed by atoms with E-state index in [1.165, 1.54) is 12.3 Å². The summed E-state index contributed by atoms with van der Waals surface area (Å²) in [4.78, 5) is 12.4. The molecule has 1 aromatic rings. The number of carbonyl (C=O) groups is 1. The van der Waals surface area contributed by atoms with E-state index >= 15 is 0 Å². The number of ether oxygens (including phenoxy) is 1. The van der Waals surface area contributed by atoms with Crippen LogP contribution in [0, 0.1) is 0 Å². The molecule has 0 spiro atoms. The first-order valence-corrected chi connectivity index (χ1v) is 5.43. The van der Waals surface area contributed by atoms with Crippen molar-refractivity contribution >= 4 is 17.7 Å². The van der Waals surface area contributed by atoms with Crippen LogP contribution in [-0.2, 0) is 5.00 Å². The Hall–Kier alpha value is -2.15. The Morgan fingerprint density at radius 3 is 2.89 bits per heavy atom. The van der Waals surface area contributed by atoms with Crippen molar-refractivity contribution in [3.05, 3.63) is 48.0 Å². The molecular formula is C11H8ClF2N3O2. The van der Waals surface area contributed by atoms with Crippen LogP contribution in [0.15, 0.2) is 42.4 Å². The molecule has 0 aliphatic carbocycles. The smallest absolute Gasteiger partial charge is 0.408 e. The number of nitrogens with two attached hydrogens (primary N) is 1. The van der Waals surface area contributed by atoms with Crippen molar-refractivity contribution in [1.82, 2.24) is 10.3 Å². The minimum Gasteiger partial charge on any atom is -0.408 e. The molecule has 0 bridgehead atoms. The number of nitrogens with one attached hydrogen (secondary N) is 1. The molecule has 8 heteroatoms. The van der Waals surface area contributed by atoms with Crippen molar-refractivity contribution in [2.45, 2.75) is 5.00 Å². The van der Waals surface area contributed by atoms with Gasteiger partial charge in [0.15, 0.2) is 16.7 Å². The molecule has 1 amide bonds. The van der Waals surface area contributed by atoms with Gasteiger partial charge in [-0.15, -0.1) is 0 Å². The SMILES string of the molecule is NC(=O)Oc1cnccc1C1(Cl)NC(F)=CC=C1F. The molecule has 0 saturated heterocycles. The molecule has 0 radical (unpaired) electrons. The van der Waals surface area contributed by atoms with Gasteiger partial charge >= 0.3 is 6.09 Å². The number of primary amides is 1. The van der Waals surface area contributed by atoms with E-state index in [9.17, 15) is 13.6 Å². The zero-order chi connectivity index (χ0) is 14.0. The van der Waals surface area contributed by atoms with E-state index in [1.807, 2.05) is 0 Å². The van der Waals surface area contributed by atoms with Crippen LogP contribution in [0.4, 0.5) is 13.6 Å². The van der Waals surface area contributed by atoms with Gasteiger partial charge < -0.3 is 15.8 Å². The first-order chi connectivity index (χ1) is 8.93. The lowest BCUT2D eigenvalue weighted by atomic mass is 10.0. The molecule has 0 aromatic carbocycles. The second-order valence-corrected chi connectivity index (χ2v) is 4.17. The number of rotatable bonds is 2. The summed E-state index contributed by atoms with van der Waals surface area (Å²) in [5.74, 6) is -1.87. The predicted molar refractivity (Wildman–Crippen MR) is 63.5 cm³/mol. The van der Waals surface area contributed by atoms with E-state index < -0.39 is 22.9 Å². The fraction of sp³-hybridized carbons (Fsp3) is 0.0909. The number of aromatic nitrogens is 1. The Kier molecular flexibility index (Phi) is 3.39. The van der Waals surface area contributed by atoms with Crippen LogP contribution < -0.4 is 15.8 Å².